The Bertz CT molecular complexity index is 582. The molecule has 0 bridgehead atoms. The summed E-state index contributed by atoms with van der Waals surface area (Å²) in [7, 11) is -3.53. The van der Waals surface area contributed by atoms with Gasteiger partial charge in [-0.05, 0) is 43.0 Å². The van der Waals surface area contributed by atoms with Crippen LogP contribution in [0.15, 0.2) is 34.1 Å². The van der Waals surface area contributed by atoms with Crippen LogP contribution in [0, 0.1) is 5.92 Å². The third-order valence-corrected chi connectivity index (χ3v) is 4.81. The van der Waals surface area contributed by atoms with Crippen LogP contribution >= 0.6 is 15.9 Å². The Morgan fingerprint density at radius 3 is 2.38 bits per heavy atom. The maximum absolute atomic E-state index is 12.2. The highest BCUT2D eigenvalue weighted by Gasteiger charge is 2.28. The van der Waals surface area contributed by atoms with Crippen molar-refractivity contribution >= 4 is 32.0 Å². The minimum Gasteiger partial charge on any atom is -0.329 e. The van der Waals surface area contributed by atoms with Gasteiger partial charge in [0.05, 0.1) is 0 Å². The molecule has 118 valence electrons. The van der Waals surface area contributed by atoms with Crippen molar-refractivity contribution in [3.63, 3.8) is 0 Å². The van der Waals surface area contributed by atoms with E-state index in [9.17, 15) is 8.42 Å². The number of nitrogens with one attached hydrogen (secondary N) is 1. The first-order chi connectivity index (χ1) is 9.66. The molecule has 1 rings (SSSR count). The van der Waals surface area contributed by atoms with Crippen LogP contribution in [0.3, 0.4) is 0 Å². The topological polar surface area (TPSA) is 72.2 Å². The average Bonchev–Trinajstić information content (AvgIpc) is 2.36. The summed E-state index contributed by atoms with van der Waals surface area (Å²) in [5.41, 5.74) is 5.92. The third-order valence-electron chi connectivity index (χ3n) is 3.01. The van der Waals surface area contributed by atoms with E-state index in [-0.39, 0.29) is 6.54 Å². The van der Waals surface area contributed by atoms with E-state index in [2.05, 4.69) is 20.7 Å². The second-order valence-corrected chi connectivity index (χ2v) is 8.35. The van der Waals surface area contributed by atoms with Crippen LogP contribution in [-0.4, -0.2) is 20.5 Å². The van der Waals surface area contributed by atoms with Gasteiger partial charge in [0, 0.05) is 22.0 Å². The Morgan fingerprint density at radius 1 is 1.33 bits per heavy atom. The Morgan fingerprint density at radius 2 is 1.90 bits per heavy atom. The van der Waals surface area contributed by atoms with Crippen molar-refractivity contribution in [3.05, 3.63) is 39.7 Å². The van der Waals surface area contributed by atoms with E-state index in [1.54, 1.807) is 6.08 Å². The highest BCUT2D eigenvalue weighted by atomic mass is 79.9. The summed E-state index contributed by atoms with van der Waals surface area (Å²) in [6, 6.07) is 7.41. The lowest BCUT2D eigenvalue weighted by Gasteiger charge is -2.30. The zero-order valence-electron chi connectivity index (χ0n) is 12.6. The molecule has 0 aliphatic rings. The van der Waals surface area contributed by atoms with E-state index < -0.39 is 15.6 Å². The van der Waals surface area contributed by atoms with Crippen molar-refractivity contribution in [1.82, 2.24) is 4.72 Å². The van der Waals surface area contributed by atoms with Crippen molar-refractivity contribution in [3.8, 4) is 0 Å². The molecule has 1 aromatic carbocycles. The van der Waals surface area contributed by atoms with E-state index >= 15 is 0 Å². The first-order valence-electron chi connectivity index (χ1n) is 6.83. The van der Waals surface area contributed by atoms with Crippen LogP contribution < -0.4 is 10.5 Å². The molecule has 0 heterocycles. The highest BCUT2D eigenvalue weighted by molar-refractivity contribution is 9.10. The smallest absolute Gasteiger partial charge is 0.234 e. The molecule has 0 aliphatic carbocycles. The van der Waals surface area contributed by atoms with E-state index in [0.29, 0.717) is 12.3 Å². The second-order valence-electron chi connectivity index (χ2n) is 5.86. The fourth-order valence-corrected chi connectivity index (χ4v) is 3.71. The molecule has 0 radical (unpaired) electrons. The third kappa shape index (κ3) is 6.74. The monoisotopic (exact) mass is 374 g/mol. The van der Waals surface area contributed by atoms with E-state index in [0.717, 1.165) is 10.0 Å². The summed E-state index contributed by atoms with van der Waals surface area (Å²) in [5, 5.41) is 1.18. The van der Waals surface area contributed by atoms with Gasteiger partial charge in [-0.3, -0.25) is 0 Å². The maximum atomic E-state index is 12.2. The number of hydrogen-bond donors (Lipinski definition) is 2. The molecule has 0 aromatic heterocycles. The Balaban J connectivity index is 2.83. The number of sulfonamides is 1. The van der Waals surface area contributed by atoms with Gasteiger partial charge < -0.3 is 5.73 Å². The Kier molecular flexibility index (Phi) is 6.59. The SMILES string of the molecule is CC(C)CC(C)(CN)NS(=O)(=O)C=Cc1ccc(Br)cc1. The summed E-state index contributed by atoms with van der Waals surface area (Å²) in [5.74, 6) is 0.358. The molecular weight excluding hydrogens is 352 g/mol. The van der Waals surface area contributed by atoms with Crippen LogP contribution in [0.2, 0.25) is 0 Å². The summed E-state index contributed by atoms with van der Waals surface area (Å²) >= 11 is 3.34. The lowest BCUT2D eigenvalue weighted by Crippen LogP contribution is -2.51. The standard InChI is InChI=1S/C15H23BrN2O2S/c1-12(2)10-15(3,11-17)18-21(19,20)9-8-13-4-6-14(16)7-5-13/h4-9,12,18H,10-11,17H2,1-3H3. The second kappa shape index (κ2) is 7.54. The van der Waals surface area contributed by atoms with Crippen LogP contribution in [0.4, 0.5) is 0 Å². The van der Waals surface area contributed by atoms with Crippen molar-refractivity contribution in [2.24, 2.45) is 11.7 Å². The lowest BCUT2D eigenvalue weighted by atomic mass is 9.92. The summed E-state index contributed by atoms with van der Waals surface area (Å²) < 4.78 is 28.0. The van der Waals surface area contributed by atoms with Gasteiger partial charge in [0.15, 0.2) is 0 Å². The predicted octanol–water partition coefficient (Wildman–Crippen LogP) is 3.10. The summed E-state index contributed by atoms with van der Waals surface area (Å²) in [4.78, 5) is 0. The summed E-state index contributed by atoms with van der Waals surface area (Å²) in [6.45, 7) is 6.17. The van der Waals surface area contributed by atoms with E-state index in [1.807, 2.05) is 45.0 Å². The molecule has 1 aromatic rings. The lowest BCUT2D eigenvalue weighted by molar-refractivity contribution is 0.346. The summed E-state index contributed by atoms with van der Waals surface area (Å²) in [6.07, 6.45) is 2.26. The zero-order chi connectivity index (χ0) is 16.1. The molecule has 4 nitrogen and oxygen atoms in total. The molecule has 0 spiro atoms. The normalized spacial score (nSPS) is 15.5. The van der Waals surface area contributed by atoms with E-state index in [4.69, 9.17) is 5.73 Å². The Labute approximate surface area is 136 Å². The Hall–Kier alpha value is -0.690. The van der Waals surface area contributed by atoms with Crippen molar-refractivity contribution in [1.29, 1.82) is 0 Å². The fraction of sp³-hybridized carbons (Fsp3) is 0.467. The molecule has 0 saturated carbocycles. The number of benzene rings is 1. The predicted molar refractivity (Wildman–Crippen MR) is 92.1 cm³/mol. The van der Waals surface area contributed by atoms with Crippen LogP contribution in [0.25, 0.3) is 6.08 Å². The minimum absolute atomic E-state index is 0.260. The van der Waals surface area contributed by atoms with Crippen molar-refractivity contribution in [2.75, 3.05) is 6.54 Å². The van der Waals surface area contributed by atoms with Gasteiger partial charge in [-0.2, -0.15) is 0 Å². The highest BCUT2D eigenvalue weighted by Crippen LogP contribution is 2.17. The first kappa shape index (κ1) is 18.4. The van der Waals surface area contributed by atoms with Gasteiger partial charge in [0.2, 0.25) is 10.0 Å². The number of nitrogens with two attached hydrogens (primary N) is 1. The van der Waals surface area contributed by atoms with Crippen LogP contribution in [0.5, 0.6) is 0 Å². The van der Waals surface area contributed by atoms with Gasteiger partial charge >= 0.3 is 0 Å². The number of rotatable bonds is 7. The molecule has 1 unspecified atom stereocenters. The fourth-order valence-electron chi connectivity index (χ4n) is 2.19. The molecule has 6 heteroatoms. The molecule has 1 atom stereocenters. The molecule has 0 fully saturated rings. The van der Waals surface area contributed by atoms with Crippen molar-refractivity contribution < 1.29 is 8.42 Å². The van der Waals surface area contributed by atoms with Crippen LogP contribution in [-0.2, 0) is 10.0 Å². The van der Waals surface area contributed by atoms with Crippen molar-refractivity contribution in [2.45, 2.75) is 32.7 Å². The zero-order valence-corrected chi connectivity index (χ0v) is 15.0. The molecule has 21 heavy (non-hydrogen) atoms. The van der Waals surface area contributed by atoms with Gasteiger partial charge in [-0.25, -0.2) is 13.1 Å². The van der Waals surface area contributed by atoms with Gasteiger partial charge in [-0.1, -0.05) is 41.9 Å². The quantitative estimate of drug-likeness (QED) is 0.769. The molecule has 0 saturated heterocycles. The van der Waals surface area contributed by atoms with Gasteiger partial charge in [-0.15, -0.1) is 0 Å². The average molecular weight is 375 g/mol. The molecule has 3 N–H and O–H groups in total. The van der Waals surface area contributed by atoms with Gasteiger partial charge in [0.1, 0.15) is 0 Å². The first-order valence-corrected chi connectivity index (χ1v) is 9.17. The molecule has 0 aliphatic heterocycles. The maximum Gasteiger partial charge on any atom is 0.234 e. The number of halogens is 1. The minimum atomic E-state index is -3.53. The van der Waals surface area contributed by atoms with Gasteiger partial charge in [0.25, 0.3) is 0 Å². The largest absolute Gasteiger partial charge is 0.329 e. The van der Waals surface area contributed by atoms with E-state index in [1.165, 1.54) is 5.41 Å². The molecular formula is C15H23BrN2O2S. The molecule has 0 amide bonds. The van der Waals surface area contributed by atoms with Crippen LogP contribution in [0.1, 0.15) is 32.8 Å². The number of hydrogen-bond acceptors (Lipinski definition) is 3.